The Morgan fingerprint density at radius 1 is 1.17 bits per heavy atom. The predicted molar refractivity (Wildman–Crippen MR) is 93.7 cm³/mol. The van der Waals surface area contributed by atoms with Gasteiger partial charge in [0.05, 0.1) is 24.2 Å². The van der Waals surface area contributed by atoms with Gasteiger partial charge in [-0.1, -0.05) is 26.0 Å². The quantitative estimate of drug-likeness (QED) is 0.739. The van der Waals surface area contributed by atoms with Crippen LogP contribution in [0.4, 0.5) is 5.82 Å². The van der Waals surface area contributed by atoms with Crippen LogP contribution in [0.5, 0.6) is 5.88 Å². The van der Waals surface area contributed by atoms with Gasteiger partial charge in [0.15, 0.2) is 0 Å². The predicted octanol–water partition coefficient (Wildman–Crippen LogP) is 3.02. The zero-order valence-corrected chi connectivity index (χ0v) is 14.2. The fraction of sp³-hybridized carbons (Fsp3) is 0.389. The molecule has 1 saturated heterocycles. The van der Waals surface area contributed by atoms with Crippen LogP contribution in [-0.4, -0.2) is 39.7 Å². The van der Waals surface area contributed by atoms with E-state index in [4.69, 9.17) is 9.72 Å². The third-order valence-electron chi connectivity index (χ3n) is 4.53. The molecule has 1 fully saturated rings. The van der Waals surface area contributed by atoms with E-state index in [1.165, 1.54) is 5.52 Å². The minimum atomic E-state index is 0.394. The van der Waals surface area contributed by atoms with Gasteiger partial charge in [-0.3, -0.25) is 0 Å². The van der Waals surface area contributed by atoms with Crippen molar-refractivity contribution in [3.05, 3.63) is 42.5 Å². The number of nitrogens with zero attached hydrogens (tertiary/aromatic N) is 5. The molecule has 124 valence electrons. The first-order chi connectivity index (χ1) is 11.7. The molecule has 3 aromatic rings. The molecule has 0 N–H and O–H groups in total. The second-order valence-electron chi connectivity index (χ2n) is 6.46. The van der Waals surface area contributed by atoms with Crippen molar-refractivity contribution in [2.24, 2.45) is 0 Å². The molecular weight excluding hydrogens is 302 g/mol. The highest BCUT2D eigenvalue weighted by molar-refractivity contribution is 5.76. The first-order valence-electron chi connectivity index (χ1n) is 8.25. The number of rotatable bonds is 4. The topological polar surface area (TPSA) is 56.1 Å². The van der Waals surface area contributed by atoms with Crippen molar-refractivity contribution in [1.29, 1.82) is 0 Å². The molecule has 6 nitrogen and oxygen atoms in total. The zero-order chi connectivity index (χ0) is 16.7. The van der Waals surface area contributed by atoms with Gasteiger partial charge in [-0.2, -0.15) is 0 Å². The van der Waals surface area contributed by atoms with Crippen molar-refractivity contribution in [1.82, 2.24) is 19.5 Å². The third-order valence-corrected chi connectivity index (χ3v) is 4.53. The summed E-state index contributed by atoms with van der Waals surface area (Å²) in [6.45, 7) is 6.23. The number of ether oxygens (including phenoxy) is 1. The second kappa shape index (κ2) is 5.78. The molecule has 1 aliphatic heterocycles. The standard InChI is InChI=1S/C18H21N5O/c1-12(2)18-21-14-6-4-5-7-15(14)23(18)13-9-22(10-13)16-8-17(24-3)20-11-19-16/h4-8,11-13H,9-10H2,1-3H3. The Hall–Kier alpha value is -2.63. The van der Waals surface area contributed by atoms with Crippen molar-refractivity contribution in [3.63, 3.8) is 0 Å². The first-order valence-corrected chi connectivity index (χ1v) is 8.25. The molecule has 0 saturated carbocycles. The summed E-state index contributed by atoms with van der Waals surface area (Å²) in [5.41, 5.74) is 2.29. The molecule has 2 aromatic heterocycles. The van der Waals surface area contributed by atoms with Gasteiger partial charge in [-0.25, -0.2) is 15.0 Å². The lowest BCUT2D eigenvalue weighted by Crippen LogP contribution is -2.48. The van der Waals surface area contributed by atoms with Gasteiger partial charge in [0.1, 0.15) is 18.0 Å². The van der Waals surface area contributed by atoms with Crippen LogP contribution in [-0.2, 0) is 0 Å². The number of hydrogen-bond donors (Lipinski definition) is 0. The lowest BCUT2D eigenvalue weighted by Gasteiger charge is -2.41. The fourth-order valence-corrected chi connectivity index (χ4v) is 3.27. The maximum Gasteiger partial charge on any atom is 0.218 e. The van der Waals surface area contributed by atoms with E-state index in [0.717, 1.165) is 30.2 Å². The molecule has 1 aromatic carbocycles. The number of imidazole rings is 1. The van der Waals surface area contributed by atoms with Crippen LogP contribution < -0.4 is 9.64 Å². The molecule has 0 unspecified atom stereocenters. The van der Waals surface area contributed by atoms with Crippen LogP contribution >= 0.6 is 0 Å². The summed E-state index contributed by atoms with van der Waals surface area (Å²) in [5, 5.41) is 0. The molecule has 3 heterocycles. The number of aromatic nitrogens is 4. The molecule has 0 spiro atoms. The number of benzene rings is 1. The molecule has 0 atom stereocenters. The van der Waals surface area contributed by atoms with E-state index < -0.39 is 0 Å². The Morgan fingerprint density at radius 2 is 1.96 bits per heavy atom. The van der Waals surface area contributed by atoms with Crippen molar-refractivity contribution >= 4 is 16.9 Å². The maximum absolute atomic E-state index is 5.19. The van der Waals surface area contributed by atoms with Crippen LogP contribution in [0.15, 0.2) is 36.7 Å². The highest BCUT2D eigenvalue weighted by Gasteiger charge is 2.32. The van der Waals surface area contributed by atoms with Crippen molar-refractivity contribution in [2.45, 2.75) is 25.8 Å². The lowest BCUT2D eigenvalue weighted by atomic mass is 10.1. The van der Waals surface area contributed by atoms with Gasteiger partial charge in [-0.05, 0) is 12.1 Å². The lowest BCUT2D eigenvalue weighted by molar-refractivity contribution is 0.383. The van der Waals surface area contributed by atoms with Crippen molar-refractivity contribution < 1.29 is 4.74 Å². The van der Waals surface area contributed by atoms with Gasteiger partial charge >= 0.3 is 0 Å². The van der Waals surface area contributed by atoms with Crippen LogP contribution in [0, 0.1) is 0 Å². The van der Waals surface area contributed by atoms with Crippen molar-refractivity contribution in [2.75, 3.05) is 25.1 Å². The number of para-hydroxylation sites is 2. The first kappa shape index (κ1) is 14.9. The van der Waals surface area contributed by atoms with Gasteiger partial charge < -0.3 is 14.2 Å². The fourth-order valence-electron chi connectivity index (χ4n) is 3.27. The van der Waals surface area contributed by atoms with E-state index in [2.05, 4.69) is 51.5 Å². The Kier molecular flexibility index (Phi) is 3.59. The molecule has 0 radical (unpaired) electrons. The average Bonchev–Trinajstić information content (AvgIpc) is 2.94. The van der Waals surface area contributed by atoms with E-state index >= 15 is 0 Å². The molecule has 0 bridgehead atoms. The van der Waals surface area contributed by atoms with Gasteiger partial charge in [0.25, 0.3) is 0 Å². The van der Waals surface area contributed by atoms with Crippen LogP contribution in [0.3, 0.4) is 0 Å². The monoisotopic (exact) mass is 323 g/mol. The number of anilines is 1. The van der Waals surface area contributed by atoms with E-state index in [1.807, 2.05) is 12.1 Å². The van der Waals surface area contributed by atoms with E-state index in [9.17, 15) is 0 Å². The van der Waals surface area contributed by atoms with Crippen LogP contribution in [0.2, 0.25) is 0 Å². The maximum atomic E-state index is 5.19. The summed E-state index contributed by atoms with van der Waals surface area (Å²) in [6.07, 6.45) is 1.55. The molecular formula is C18H21N5O. The second-order valence-corrected chi connectivity index (χ2v) is 6.46. The molecule has 6 heteroatoms. The Labute approximate surface area is 141 Å². The van der Waals surface area contributed by atoms with Crippen LogP contribution in [0.1, 0.15) is 31.6 Å². The molecule has 0 aliphatic carbocycles. The Morgan fingerprint density at radius 3 is 2.71 bits per heavy atom. The summed E-state index contributed by atoms with van der Waals surface area (Å²) in [4.78, 5) is 15.5. The van der Waals surface area contributed by atoms with Crippen LogP contribution in [0.25, 0.3) is 11.0 Å². The minimum absolute atomic E-state index is 0.394. The van der Waals surface area contributed by atoms with E-state index in [1.54, 1.807) is 13.4 Å². The summed E-state index contributed by atoms with van der Waals surface area (Å²) in [7, 11) is 1.62. The highest BCUT2D eigenvalue weighted by atomic mass is 16.5. The highest BCUT2D eigenvalue weighted by Crippen LogP contribution is 2.33. The SMILES string of the molecule is COc1cc(N2CC(n3c(C(C)C)nc4ccccc43)C2)ncn1. The van der Waals surface area contributed by atoms with Crippen molar-refractivity contribution in [3.8, 4) is 5.88 Å². The molecule has 4 rings (SSSR count). The Bertz CT molecular complexity index is 867. The smallest absolute Gasteiger partial charge is 0.218 e. The third kappa shape index (κ3) is 2.38. The van der Waals surface area contributed by atoms with Gasteiger partial charge in [0, 0.05) is 25.1 Å². The largest absolute Gasteiger partial charge is 0.481 e. The Balaban J connectivity index is 1.62. The summed E-state index contributed by atoms with van der Waals surface area (Å²) < 4.78 is 7.59. The van der Waals surface area contributed by atoms with Gasteiger partial charge in [-0.15, -0.1) is 0 Å². The van der Waals surface area contributed by atoms with E-state index in [0.29, 0.717) is 17.8 Å². The average molecular weight is 323 g/mol. The molecule has 0 amide bonds. The molecule has 24 heavy (non-hydrogen) atoms. The normalized spacial score (nSPS) is 15.1. The van der Waals surface area contributed by atoms with Gasteiger partial charge in [0.2, 0.25) is 5.88 Å². The minimum Gasteiger partial charge on any atom is -0.481 e. The summed E-state index contributed by atoms with van der Waals surface area (Å²) in [5.74, 6) is 3.06. The molecule has 1 aliphatic rings. The number of fused-ring (bicyclic) bond motifs is 1. The zero-order valence-electron chi connectivity index (χ0n) is 14.2. The summed E-state index contributed by atoms with van der Waals surface area (Å²) in [6, 6.07) is 10.7. The summed E-state index contributed by atoms with van der Waals surface area (Å²) >= 11 is 0. The number of hydrogen-bond acceptors (Lipinski definition) is 5. The number of methoxy groups -OCH3 is 1. The van der Waals surface area contributed by atoms with E-state index in [-0.39, 0.29) is 0 Å².